The molecule has 1 aromatic carbocycles. The van der Waals surface area contributed by atoms with Gasteiger partial charge in [-0.15, -0.1) is 0 Å². The Morgan fingerprint density at radius 3 is 2.44 bits per heavy atom. The van der Waals surface area contributed by atoms with E-state index < -0.39 is 32.9 Å². The monoisotopic (exact) mass is 276 g/mol. The molecule has 18 heavy (non-hydrogen) atoms. The molecule has 0 amide bonds. The van der Waals surface area contributed by atoms with Crippen molar-refractivity contribution in [1.29, 1.82) is 0 Å². The molecular formula is C11H17FN2O3S. The maximum atomic E-state index is 13.7. The van der Waals surface area contributed by atoms with Gasteiger partial charge in [0.15, 0.2) is 0 Å². The van der Waals surface area contributed by atoms with Crippen LogP contribution in [0.2, 0.25) is 0 Å². The quantitative estimate of drug-likeness (QED) is 0.797. The first kappa shape index (κ1) is 14.9. The van der Waals surface area contributed by atoms with E-state index in [4.69, 9.17) is 5.73 Å². The van der Waals surface area contributed by atoms with E-state index in [0.717, 1.165) is 10.4 Å². The van der Waals surface area contributed by atoms with Crippen molar-refractivity contribution in [2.24, 2.45) is 0 Å². The molecule has 1 rings (SSSR count). The summed E-state index contributed by atoms with van der Waals surface area (Å²) in [6, 6.07) is 3.68. The summed E-state index contributed by atoms with van der Waals surface area (Å²) in [6.07, 6.45) is 0. The van der Waals surface area contributed by atoms with Crippen LogP contribution in [-0.2, 0) is 10.0 Å². The SMILES string of the molecule is CN(C(C)(C)CO)S(=O)(=O)c1c(N)cccc1F. The van der Waals surface area contributed by atoms with Crippen LogP contribution in [0.5, 0.6) is 0 Å². The lowest BCUT2D eigenvalue weighted by Crippen LogP contribution is -2.47. The summed E-state index contributed by atoms with van der Waals surface area (Å²) >= 11 is 0. The van der Waals surface area contributed by atoms with E-state index in [0.29, 0.717) is 0 Å². The van der Waals surface area contributed by atoms with Crippen LogP contribution in [0.1, 0.15) is 13.8 Å². The normalized spacial score (nSPS) is 13.0. The zero-order valence-corrected chi connectivity index (χ0v) is 11.3. The van der Waals surface area contributed by atoms with E-state index in [1.54, 1.807) is 0 Å². The Kier molecular flexibility index (Phi) is 3.99. The van der Waals surface area contributed by atoms with Gasteiger partial charge in [-0.1, -0.05) is 6.07 Å². The van der Waals surface area contributed by atoms with Crippen molar-refractivity contribution in [3.05, 3.63) is 24.0 Å². The largest absolute Gasteiger partial charge is 0.398 e. The lowest BCUT2D eigenvalue weighted by atomic mass is 10.1. The maximum Gasteiger partial charge on any atom is 0.248 e. The number of hydrogen-bond donors (Lipinski definition) is 2. The minimum absolute atomic E-state index is 0.157. The number of nitrogen functional groups attached to an aromatic ring is 1. The second kappa shape index (κ2) is 4.83. The van der Waals surface area contributed by atoms with Gasteiger partial charge in [0, 0.05) is 7.05 Å². The highest BCUT2D eigenvalue weighted by Gasteiger charge is 2.36. The molecule has 0 saturated heterocycles. The minimum Gasteiger partial charge on any atom is -0.398 e. The highest BCUT2D eigenvalue weighted by Crippen LogP contribution is 2.28. The highest BCUT2D eigenvalue weighted by molar-refractivity contribution is 7.89. The van der Waals surface area contributed by atoms with E-state index in [1.807, 2.05) is 0 Å². The van der Waals surface area contributed by atoms with Gasteiger partial charge >= 0.3 is 0 Å². The van der Waals surface area contributed by atoms with E-state index in [1.165, 1.54) is 33.0 Å². The topological polar surface area (TPSA) is 83.6 Å². The van der Waals surface area contributed by atoms with Crippen molar-refractivity contribution < 1.29 is 17.9 Å². The van der Waals surface area contributed by atoms with E-state index >= 15 is 0 Å². The second-order valence-electron chi connectivity index (χ2n) is 4.60. The van der Waals surface area contributed by atoms with Crippen molar-refractivity contribution in [3.63, 3.8) is 0 Å². The van der Waals surface area contributed by atoms with Crippen molar-refractivity contribution in [1.82, 2.24) is 4.31 Å². The summed E-state index contributed by atoms with van der Waals surface area (Å²) in [5, 5.41) is 9.18. The molecule has 0 aliphatic heterocycles. The number of nitrogens with zero attached hydrogens (tertiary/aromatic N) is 1. The predicted molar refractivity (Wildman–Crippen MR) is 66.9 cm³/mol. The predicted octanol–water partition coefficient (Wildman–Crippen LogP) is 0.799. The summed E-state index contributed by atoms with van der Waals surface area (Å²) in [5.74, 6) is -0.907. The number of nitrogens with two attached hydrogens (primary N) is 1. The molecule has 0 aromatic heterocycles. The van der Waals surface area contributed by atoms with Crippen molar-refractivity contribution in [3.8, 4) is 0 Å². The molecule has 0 fully saturated rings. The van der Waals surface area contributed by atoms with Gasteiger partial charge in [-0.05, 0) is 26.0 Å². The van der Waals surface area contributed by atoms with Crippen LogP contribution in [0.25, 0.3) is 0 Å². The summed E-state index contributed by atoms with van der Waals surface area (Å²) in [7, 11) is -2.82. The van der Waals surface area contributed by atoms with Gasteiger partial charge in [0.2, 0.25) is 10.0 Å². The van der Waals surface area contributed by atoms with Gasteiger partial charge < -0.3 is 10.8 Å². The average Bonchev–Trinajstić information content (AvgIpc) is 2.27. The van der Waals surface area contributed by atoms with Crippen LogP contribution in [0.3, 0.4) is 0 Å². The molecule has 0 heterocycles. The second-order valence-corrected chi connectivity index (χ2v) is 6.51. The third-order valence-corrected chi connectivity index (χ3v) is 5.02. The number of sulfonamides is 1. The molecular weight excluding hydrogens is 259 g/mol. The third kappa shape index (κ3) is 2.47. The number of aliphatic hydroxyl groups is 1. The molecule has 0 unspecified atom stereocenters. The standard InChI is InChI=1S/C11H17FN2O3S/c1-11(2,7-15)14(3)18(16,17)10-8(12)5-4-6-9(10)13/h4-6,15H,7,13H2,1-3H3. The first-order valence-electron chi connectivity index (χ1n) is 5.28. The van der Waals surface area contributed by atoms with Gasteiger partial charge in [-0.2, -0.15) is 4.31 Å². The molecule has 0 spiro atoms. The van der Waals surface area contributed by atoms with Crippen molar-refractivity contribution in [2.45, 2.75) is 24.3 Å². The van der Waals surface area contributed by atoms with Crippen molar-refractivity contribution in [2.75, 3.05) is 19.4 Å². The smallest absolute Gasteiger partial charge is 0.248 e. The fraction of sp³-hybridized carbons (Fsp3) is 0.455. The van der Waals surface area contributed by atoms with Crippen LogP contribution in [-0.4, -0.2) is 37.0 Å². The van der Waals surface area contributed by atoms with Gasteiger partial charge in [0.25, 0.3) is 0 Å². The molecule has 3 N–H and O–H groups in total. The summed E-state index contributed by atoms with van der Waals surface area (Å²) < 4.78 is 39.1. The van der Waals surface area contributed by atoms with Crippen LogP contribution in [0.15, 0.2) is 23.1 Å². The number of hydrogen-bond acceptors (Lipinski definition) is 4. The number of anilines is 1. The zero-order chi connectivity index (χ0) is 14.1. The van der Waals surface area contributed by atoms with Crippen molar-refractivity contribution >= 4 is 15.7 Å². The lowest BCUT2D eigenvalue weighted by molar-refractivity contribution is 0.137. The molecule has 1 aromatic rings. The van der Waals surface area contributed by atoms with Gasteiger partial charge in [0.05, 0.1) is 17.8 Å². The molecule has 5 nitrogen and oxygen atoms in total. The molecule has 0 saturated carbocycles. The van der Waals surface area contributed by atoms with Gasteiger partial charge in [-0.25, -0.2) is 12.8 Å². The number of rotatable bonds is 4. The Bertz CT molecular complexity index is 523. The molecule has 0 radical (unpaired) electrons. The van der Waals surface area contributed by atoms with Crippen LogP contribution < -0.4 is 5.73 Å². The first-order valence-corrected chi connectivity index (χ1v) is 6.72. The van der Waals surface area contributed by atoms with E-state index in [2.05, 4.69) is 0 Å². The van der Waals surface area contributed by atoms with E-state index in [-0.39, 0.29) is 5.69 Å². The number of aliphatic hydroxyl groups excluding tert-OH is 1. The van der Waals surface area contributed by atoms with Crippen LogP contribution in [0, 0.1) is 5.82 Å². The molecule has 0 aliphatic carbocycles. The fourth-order valence-electron chi connectivity index (χ4n) is 1.36. The minimum atomic E-state index is -4.10. The van der Waals surface area contributed by atoms with Crippen LogP contribution in [0.4, 0.5) is 10.1 Å². The Labute approximate surface area is 106 Å². The Hall–Kier alpha value is -1.18. The average molecular weight is 276 g/mol. The third-order valence-electron chi connectivity index (χ3n) is 2.86. The van der Waals surface area contributed by atoms with E-state index in [9.17, 15) is 17.9 Å². The number of likely N-dealkylation sites (N-methyl/N-ethyl adjacent to an activating group) is 1. The number of benzene rings is 1. The van der Waals surface area contributed by atoms with Gasteiger partial charge in [-0.3, -0.25) is 0 Å². The Morgan fingerprint density at radius 2 is 2.00 bits per heavy atom. The van der Waals surface area contributed by atoms with Gasteiger partial charge in [0.1, 0.15) is 10.7 Å². The molecule has 0 bridgehead atoms. The molecule has 0 atom stereocenters. The summed E-state index contributed by atoms with van der Waals surface area (Å²) in [6.45, 7) is 2.67. The zero-order valence-electron chi connectivity index (χ0n) is 10.5. The molecule has 7 heteroatoms. The molecule has 102 valence electrons. The lowest BCUT2D eigenvalue weighted by Gasteiger charge is -2.33. The molecule has 0 aliphatic rings. The fourth-order valence-corrected chi connectivity index (χ4v) is 3.02. The first-order chi connectivity index (χ1) is 8.14. The summed E-state index contributed by atoms with van der Waals surface area (Å²) in [5.41, 5.74) is 4.32. The maximum absolute atomic E-state index is 13.7. The highest BCUT2D eigenvalue weighted by atomic mass is 32.2. The Morgan fingerprint density at radius 1 is 1.44 bits per heavy atom. The Balaban J connectivity index is 3.40. The van der Waals surface area contributed by atoms with Crippen LogP contribution >= 0.6 is 0 Å². The number of halogens is 1. The summed E-state index contributed by atoms with van der Waals surface area (Å²) in [4.78, 5) is -0.561.